The van der Waals surface area contributed by atoms with Crippen molar-refractivity contribution in [1.29, 1.82) is 0 Å². The Morgan fingerprint density at radius 1 is 1.19 bits per heavy atom. The SMILES string of the molecule is COCc1c(C(=O)NC(C)c2cc(F)ccc2N2CCN(C)CC2)sc2cccc(F)c12. The van der Waals surface area contributed by atoms with Gasteiger partial charge in [0.25, 0.3) is 5.91 Å². The maximum Gasteiger partial charge on any atom is 0.262 e. The van der Waals surface area contributed by atoms with Gasteiger partial charge in [-0.25, -0.2) is 8.78 Å². The van der Waals surface area contributed by atoms with Crippen LogP contribution in [0.5, 0.6) is 0 Å². The van der Waals surface area contributed by atoms with Gasteiger partial charge in [-0.05, 0) is 44.3 Å². The van der Waals surface area contributed by atoms with Crippen molar-refractivity contribution in [3.05, 3.63) is 64.0 Å². The molecule has 1 aliphatic rings. The standard InChI is InChI=1S/C24H27F2N3O2S/c1-15(17-13-16(25)7-8-20(17)29-11-9-28(2)10-12-29)27-24(30)23-18(14-31-3)22-19(26)5-4-6-21(22)32-23/h4-8,13,15H,9-12,14H2,1-3H3,(H,27,30). The summed E-state index contributed by atoms with van der Waals surface area (Å²) in [5.41, 5.74) is 2.18. The van der Waals surface area contributed by atoms with Crippen molar-refractivity contribution in [1.82, 2.24) is 10.2 Å². The Morgan fingerprint density at radius 2 is 1.94 bits per heavy atom. The van der Waals surface area contributed by atoms with Gasteiger partial charge in [-0.3, -0.25) is 4.79 Å². The number of hydrogen-bond donors (Lipinski definition) is 1. The molecule has 170 valence electrons. The number of piperazine rings is 1. The van der Waals surface area contributed by atoms with Crippen LogP contribution in [0.25, 0.3) is 10.1 Å². The lowest BCUT2D eigenvalue weighted by Crippen LogP contribution is -2.45. The van der Waals surface area contributed by atoms with Crippen LogP contribution >= 0.6 is 11.3 Å². The zero-order valence-electron chi connectivity index (χ0n) is 18.5. The molecule has 0 aliphatic carbocycles. The van der Waals surface area contributed by atoms with Crippen molar-refractivity contribution < 1.29 is 18.3 Å². The summed E-state index contributed by atoms with van der Waals surface area (Å²) in [5.74, 6) is -1.04. The summed E-state index contributed by atoms with van der Waals surface area (Å²) in [6, 6.07) is 9.09. The number of fused-ring (bicyclic) bond motifs is 1. The Kier molecular flexibility index (Phi) is 6.74. The lowest BCUT2D eigenvalue weighted by Gasteiger charge is -2.36. The number of likely N-dealkylation sites (N-methyl/N-ethyl adjacent to an activating group) is 1. The Balaban J connectivity index is 1.63. The van der Waals surface area contributed by atoms with Crippen molar-refractivity contribution in [2.75, 3.05) is 45.2 Å². The first-order chi connectivity index (χ1) is 15.4. The number of amides is 1. The number of thiophene rings is 1. The highest BCUT2D eigenvalue weighted by Gasteiger charge is 2.25. The number of halogens is 2. The molecular formula is C24H27F2N3O2S. The molecule has 3 aromatic rings. The van der Waals surface area contributed by atoms with E-state index in [1.54, 1.807) is 18.2 Å². The smallest absolute Gasteiger partial charge is 0.262 e. The first-order valence-electron chi connectivity index (χ1n) is 10.6. The lowest BCUT2D eigenvalue weighted by molar-refractivity contribution is 0.0939. The minimum absolute atomic E-state index is 0.130. The fourth-order valence-electron chi connectivity index (χ4n) is 4.18. The molecule has 1 aliphatic heterocycles. The van der Waals surface area contributed by atoms with Crippen LogP contribution in [-0.2, 0) is 11.3 Å². The quantitative estimate of drug-likeness (QED) is 0.587. The third kappa shape index (κ3) is 4.48. The topological polar surface area (TPSA) is 44.8 Å². The number of carbonyl (C=O) groups is 1. The number of rotatable bonds is 6. The minimum Gasteiger partial charge on any atom is -0.380 e. The molecule has 4 rings (SSSR count). The predicted molar refractivity (Wildman–Crippen MR) is 124 cm³/mol. The van der Waals surface area contributed by atoms with Crippen LogP contribution in [0.3, 0.4) is 0 Å². The number of nitrogens with zero attached hydrogens (tertiary/aromatic N) is 2. The minimum atomic E-state index is -0.432. The van der Waals surface area contributed by atoms with Crippen LogP contribution in [0.15, 0.2) is 36.4 Å². The molecule has 2 heterocycles. The molecule has 0 spiro atoms. The Bertz CT molecular complexity index is 1130. The summed E-state index contributed by atoms with van der Waals surface area (Å²) in [6.07, 6.45) is 0. The number of anilines is 1. The van der Waals surface area contributed by atoms with E-state index in [-0.39, 0.29) is 24.1 Å². The molecule has 1 fully saturated rings. The summed E-state index contributed by atoms with van der Waals surface area (Å²) in [7, 11) is 3.60. The monoisotopic (exact) mass is 459 g/mol. The van der Waals surface area contributed by atoms with E-state index in [4.69, 9.17) is 4.74 Å². The number of hydrogen-bond acceptors (Lipinski definition) is 5. The van der Waals surface area contributed by atoms with Crippen molar-refractivity contribution in [3.8, 4) is 0 Å². The molecule has 0 bridgehead atoms. The third-order valence-electron chi connectivity index (χ3n) is 5.91. The van der Waals surface area contributed by atoms with Gasteiger partial charge >= 0.3 is 0 Å². The normalized spacial score (nSPS) is 15.8. The van der Waals surface area contributed by atoms with Crippen LogP contribution in [0.1, 0.15) is 33.8 Å². The van der Waals surface area contributed by atoms with Gasteiger partial charge in [-0.1, -0.05) is 6.07 Å². The first-order valence-corrected chi connectivity index (χ1v) is 11.4. The fourth-order valence-corrected chi connectivity index (χ4v) is 5.31. The van der Waals surface area contributed by atoms with E-state index >= 15 is 0 Å². The van der Waals surface area contributed by atoms with Gasteiger partial charge in [0, 0.05) is 60.2 Å². The maximum absolute atomic E-state index is 14.5. The van der Waals surface area contributed by atoms with Gasteiger partial charge in [0.05, 0.1) is 17.5 Å². The zero-order valence-corrected chi connectivity index (χ0v) is 19.3. The molecule has 1 amide bonds. The van der Waals surface area contributed by atoms with E-state index < -0.39 is 6.04 Å². The molecule has 1 unspecified atom stereocenters. The molecule has 1 N–H and O–H groups in total. The van der Waals surface area contributed by atoms with Crippen molar-refractivity contribution in [2.24, 2.45) is 0 Å². The van der Waals surface area contributed by atoms with Crippen molar-refractivity contribution in [2.45, 2.75) is 19.6 Å². The predicted octanol–water partition coefficient (Wildman–Crippen LogP) is 4.57. The summed E-state index contributed by atoms with van der Waals surface area (Å²) < 4.78 is 34.6. The second-order valence-electron chi connectivity index (χ2n) is 8.14. The number of carbonyl (C=O) groups excluding carboxylic acids is 1. The highest BCUT2D eigenvalue weighted by atomic mass is 32.1. The first kappa shape index (κ1) is 22.6. The average molecular weight is 460 g/mol. The fraction of sp³-hybridized carbons (Fsp3) is 0.375. The van der Waals surface area contributed by atoms with Crippen molar-refractivity contribution in [3.63, 3.8) is 0 Å². The van der Waals surface area contributed by atoms with Crippen LogP contribution in [-0.4, -0.2) is 51.1 Å². The molecule has 0 radical (unpaired) electrons. The van der Waals surface area contributed by atoms with Gasteiger partial charge in [0.15, 0.2) is 0 Å². The van der Waals surface area contributed by atoms with Gasteiger partial charge in [0.2, 0.25) is 0 Å². The van der Waals surface area contributed by atoms with Crippen LogP contribution in [0.2, 0.25) is 0 Å². The Labute approximate surface area is 190 Å². The van der Waals surface area contributed by atoms with Crippen LogP contribution < -0.4 is 10.2 Å². The average Bonchev–Trinajstić information content (AvgIpc) is 3.14. The third-order valence-corrected chi connectivity index (χ3v) is 7.10. The number of methoxy groups -OCH3 is 1. The van der Waals surface area contributed by atoms with E-state index in [0.29, 0.717) is 20.5 Å². The van der Waals surface area contributed by atoms with Gasteiger partial charge in [-0.15, -0.1) is 11.3 Å². The summed E-state index contributed by atoms with van der Waals surface area (Å²) in [6.45, 7) is 5.49. The van der Waals surface area contributed by atoms with E-state index in [0.717, 1.165) is 37.4 Å². The molecule has 1 aromatic heterocycles. The summed E-state index contributed by atoms with van der Waals surface area (Å²) >= 11 is 1.24. The molecule has 32 heavy (non-hydrogen) atoms. The molecule has 0 saturated carbocycles. The van der Waals surface area contributed by atoms with Crippen molar-refractivity contribution >= 4 is 33.0 Å². The van der Waals surface area contributed by atoms with E-state index in [9.17, 15) is 13.6 Å². The lowest BCUT2D eigenvalue weighted by atomic mass is 10.0. The maximum atomic E-state index is 14.5. The molecule has 1 atom stereocenters. The highest BCUT2D eigenvalue weighted by molar-refractivity contribution is 7.21. The second kappa shape index (κ2) is 9.52. The number of nitrogens with one attached hydrogen (secondary N) is 1. The van der Waals surface area contributed by atoms with Gasteiger partial charge < -0.3 is 19.9 Å². The molecule has 5 nitrogen and oxygen atoms in total. The van der Waals surface area contributed by atoms with E-state index in [2.05, 4.69) is 22.2 Å². The number of ether oxygens (including phenoxy) is 1. The largest absolute Gasteiger partial charge is 0.380 e. The van der Waals surface area contributed by atoms with Crippen LogP contribution in [0, 0.1) is 11.6 Å². The number of benzene rings is 2. The highest BCUT2D eigenvalue weighted by Crippen LogP contribution is 2.35. The summed E-state index contributed by atoms with van der Waals surface area (Å²) in [5, 5.41) is 3.41. The van der Waals surface area contributed by atoms with E-state index in [1.807, 2.05) is 6.92 Å². The molecular weight excluding hydrogens is 432 g/mol. The van der Waals surface area contributed by atoms with Crippen LogP contribution in [0.4, 0.5) is 14.5 Å². The van der Waals surface area contributed by atoms with Gasteiger partial charge in [0.1, 0.15) is 11.6 Å². The summed E-state index contributed by atoms with van der Waals surface area (Å²) in [4.78, 5) is 18.1. The van der Waals surface area contributed by atoms with Gasteiger partial charge in [-0.2, -0.15) is 0 Å². The molecule has 1 saturated heterocycles. The Hall–Kier alpha value is -2.55. The molecule has 8 heteroatoms. The Morgan fingerprint density at radius 3 is 2.66 bits per heavy atom. The van der Waals surface area contributed by atoms with E-state index in [1.165, 1.54) is 36.6 Å². The zero-order chi connectivity index (χ0) is 22.8. The molecule has 2 aromatic carbocycles. The second-order valence-corrected chi connectivity index (χ2v) is 9.20.